The molecule has 8 nitrogen and oxygen atoms in total. The summed E-state index contributed by atoms with van der Waals surface area (Å²) < 4.78 is 6.74. The molecule has 0 radical (unpaired) electrons. The highest BCUT2D eigenvalue weighted by Gasteiger charge is 2.13. The fourth-order valence-electron chi connectivity index (χ4n) is 3.27. The molecule has 1 amide bonds. The van der Waals surface area contributed by atoms with Gasteiger partial charge in [-0.15, -0.1) is 0 Å². The smallest absolute Gasteiger partial charge is 0.252 e. The topological polar surface area (TPSA) is 108 Å². The average Bonchev–Trinajstić information content (AvgIpc) is 3.20. The Labute approximate surface area is 173 Å². The van der Waals surface area contributed by atoms with Crippen molar-refractivity contribution in [3.63, 3.8) is 0 Å². The van der Waals surface area contributed by atoms with Gasteiger partial charge in [-0.3, -0.25) is 14.5 Å². The number of ether oxygens (including phenoxy) is 1. The average molecular weight is 402 g/mol. The lowest BCUT2D eigenvalue weighted by Gasteiger charge is -2.10. The Morgan fingerprint density at radius 2 is 1.87 bits per heavy atom. The van der Waals surface area contributed by atoms with Crippen molar-refractivity contribution in [1.29, 1.82) is 0 Å². The number of carbonyl (C=O) groups excluding carboxylic acids is 1. The van der Waals surface area contributed by atoms with E-state index in [1.54, 1.807) is 24.1 Å². The number of hydrogen-bond donors (Lipinski definition) is 2. The Bertz CT molecular complexity index is 1200. The number of nitrogens with zero attached hydrogens (tertiary/aromatic N) is 4. The molecule has 3 aromatic heterocycles. The molecule has 0 spiro atoms. The number of carbonyl (C=O) groups is 1. The molecule has 0 saturated carbocycles. The number of anilines is 1. The standard InChI is InChI=1S/C22H22N6O2/c1-28-13-17(11-27-28)14-3-5-15(6-4-14)19-12-26-21(23)20-18(19)9-16(10-25-20)22(29)24-7-8-30-2/h3-6,9-13H,7-8H2,1-2H3,(H2,23,26)(H,24,29). The van der Waals surface area contributed by atoms with Gasteiger partial charge in [0.05, 0.1) is 18.4 Å². The molecule has 0 aliphatic carbocycles. The number of aromatic nitrogens is 4. The summed E-state index contributed by atoms with van der Waals surface area (Å²) in [5.41, 5.74) is 11.0. The van der Waals surface area contributed by atoms with Crippen LogP contribution in [0.1, 0.15) is 10.4 Å². The van der Waals surface area contributed by atoms with Crippen molar-refractivity contribution in [3.8, 4) is 22.3 Å². The summed E-state index contributed by atoms with van der Waals surface area (Å²) in [7, 11) is 3.48. The van der Waals surface area contributed by atoms with Gasteiger partial charge in [-0.1, -0.05) is 24.3 Å². The van der Waals surface area contributed by atoms with Crippen molar-refractivity contribution >= 4 is 22.6 Å². The largest absolute Gasteiger partial charge is 0.383 e. The lowest BCUT2D eigenvalue weighted by molar-refractivity contribution is 0.0937. The van der Waals surface area contributed by atoms with E-state index in [0.29, 0.717) is 30.0 Å². The molecule has 30 heavy (non-hydrogen) atoms. The molecule has 152 valence electrons. The first-order chi connectivity index (χ1) is 14.6. The molecular formula is C22H22N6O2. The van der Waals surface area contributed by atoms with Gasteiger partial charge in [-0.05, 0) is 17.2 Å². The summed E-state index contributed by atoms with van der Waals surface area (Å²) in [6.45, 7) is 0.868. The van der Waals surface area contributed by atoms with E-state index in [9.17, 15) is 4.79 Å². The molecule has 3 N–H and O–H groups in total. The van der Waals surface area contributed by atoms with Crippen LogP contribution < -0.4 is 11.1 Å². The quantitative estimate of drug-likeness (QED) is 0.480. The molecule has 8 heteroatoms. The van der Waals surface area contributed by atoms with Crippen LogP contribution in [0.5, 0.6) is 0 Å². The Hall–Kier alpha value is -3.78. The number of hydrogen-bond acceptors (Lipinski definition) is 6. The molecule has 0 bridgehead atoms. The van der Waals surface area contributed by atoms with Crippen LogP contribution in [0, 0.1) is 0 Å². The fourth-order valence-corrected chi connectivity index (χ4v) is 3.27. The third kappa shape index (κ3) is 3.85. The minimum atomic E-state index is -0.213. The zero-order valence-corrected chi connectivity index (χ0v) is 16.8. The van der Waals surface area contributed by atoms with Gasteiger partial charge >= 0.3 is 0 Å². The maximum absolute atomic E-state index is 12.4. The van der Waals surface area contributed by atoms with E-state index < -0.39 is 0 Å². The Balaban J connectivity index is 1.72. The zero-order chi connectivity index (χ0) is 21.1. The van der Waals surface area contributed by atoms with E-state index in [-0.39, 0.29) is 5.91 Å². The van der Waals surface area contributed by atoms with E-state index in [1.807, 2.05) is 43.7 Å². The highest BCUT2D eigenvalue weighted by atomic mass is 16.5. The SMILES string of the molecule is COCCNC(=O)c1cnc2c(N)ncc(-c3ccc(-c4cnn(C)c4)cc3)c2c1. The summed E-state index contributed by atoms with van der Waals surface area (Å²) in [6.07, 6.45) is 7.02. The first-order valence-corrected chi connectivity index (χ1v) is 9.47. The van der Waals surface area contributed by atoms with Gasteiger partial charge in [0, 0.05) is 55.8 Å². The van der Waals surface area contributed by atoms with E-state index in [0.717, 1.165) is 27.6 Å². The second kappa shape index (κ2) is 8.30. The molecule has 0 aliphatic heterocycles. The molecular weight excluding hydrogens is 380 g/mol. The second-order valence-corrected chi connectivity index (χ2v) is 6.91. The Morgan fingerprint density at radius 3 is 2.57 bits per heavy atom. The third-order valence-electron chi connectivity index (χ3n) is 4.84. The summed E-state index contributed by atoms with van der Waals surface area (Å²) in [6, 6.07) is 9.89. The number of methoxy groups -OCH3 is 1. The van der Waals surface area contributed by atoms with Crippen molar-refractivity contribution in [3.05, 3.63) is 60.7 Å². The third-order valence-corrected chi connectivity index (χ3v) is 4.84. The fraction of sp³-hybridized carbons (Fsp3) is 0.182. The van der Waals surface area contributed by atoms with E-state index in [1.165, 1.54) is 6.20 Å². The van der Waals surface area contributed by atoms with Gasteiger partial charge in [-0.2, -0.15) is 5.10 Å². The van der Waals surface area contributed by atoms with Gasteiger partial charge in [0.25, 0.3) is 5.91 Å². The number of aryl methyl sites for hydroxylation is 1. The Kier molecular flexibility index (Phi) is 5.40. The monoisotopic (exact) mass is 402 g/mol. The van der Waals surface area contributed by atoms with E-state index in [2.05, 4.69) is 20.4 Å². The minimum absolute atomic E-state index is 0.213. The van der Waals surface area contributed by atoms with Crippen molar-refractivity contribution < 1.29 is 9.53 Å². The van der Waals surface area contributed by atoms with Crippen LogP contribution in [-0.2, 0) is 11.8 Å². The normalized spacial score (nSPS) is 11.0. The van der Waals surface area contributed by atoms with Gasteiger partial charge < -0.3 is 15.8 Å². The van der Waals surface area contributed by atoms with E-state index in [4.69, 9.17) is 10.5 Å². The maximum Gasteiger partial charge on any atom is 0.252 e. The summed E-state index contributed by atoms with van der Waals surface area (Å²) in [4.78, 5) is 21.1. The number of rotatable bonds is 6. The molecule has 0 aliphatic rings. The Morgan fingerprint density at radius 1 is 1.10 bits per heavy atom. The number of benzene rings is 1. The summed E-state index contributed by atoms with van der Waals surface area (Å²) >= 11 is 0. The number of pyridine rings is 2. The first kappa shape index (κ1) is 19.5. The predicted molar refractivity (Wildman–Crippen MR) is 116 cm³/mol. The lowest BCUT2D eigenvalue weighted by atomic mass is 9.99. The maximum atomic E-state index is 12.4. The van der Waals surface area contributed by atoms with Crippen LogP contribution in [0.2, 0.25) is 0 Å². The van der Waals surface area contributed by atoms with Crippen LogP contribution in [0.15, 0.2) is 55.1 Å². The first-order valence-electron chi connectivity index (χ1n) is 9.47. The van der Waals surface area contributed by atoms with Crippen LogP contribution in [0.3, 0.4) is 0 Å². The second-order valence-electron chi connectivity index (χ2n) is 6.91. The van der Waals surface area contributed by atoms with Gasteiger partial charge in [0.1, 0.15) is 11.3 Å². The zero-order valence-electron chi connectivity index (χ0n) is 16.8. The molecule has 0 atom stereocenters. The molecule has 4 rings (SSSR count). The molecule has 4 aromatic rings. The van der Waals surface area contributed by atoms with Gasteiger partial charge in [-0.25, -0.2) is 4.98 Å². The van der Waals surface area contributed by atoms with Gasteiger partial charge in [0.15, 0.2) is 0 Å². The number of nitrogens with two attached hydrogens (primary N) is 1. The van der Waals surface area contributed by atoms with Crippen molar-refractivity contribution in [2.75, 3.05) is 26.0 Å². The van der Waals surface area contributed by atoms with E-state index >= 15 is 0 Å². The molecule has 1 aromatic carbocycles. The van der Waals surface area contributed by atoms with Crippen molar-refractivity contribution in [1.82, 2.24) is 25.1 Å². The highest BCUT2D eigenvalue weighted by Crippen LogP contribution is 2.31. The van der Waals surface area contributed by atoms with Crippen LogP contribution in [0.25, 0.3) is 33.2 Å². The van der Waals surface area contributed by atoms with Crippen LogP contribution >= 0.6 is 0 Å². The molecule has 0 fully saturated rings. The van der Waals surface area contributed by atoms with Crippen molar-refractivity contribution in [2.24, 2.45) is 7.05 Å². The molecule has 0 unspecified atom stereocenters. The highest BCUT2D eigenvalue weighted by molar-refractivity contribution is 6.03. The molecule has 3 heterocycles. The summed E-state index contributed by atoms with van der Waals surface area (Å²) in [5.74, 6) is 0.113. The minimum Gasteiger partial charge on any atom is -0.383 e. The number of nitrogens with one attached hydrogen (secondary N) is 1. The van der Waals surface area contributed by atoms with Gasteiger partial charge in [0.2, 0.25) is 0 Å². The summed E-state index contributed by atoms with van der Waals surface area (Å²) in [5, 5.41) is 7.80. The number of nitrogen functional groups attached to an aromatic ring is 1. The predicted octanol–water partition coefficient (Wildman–Crippen LogP) is 2.66. The van der Waals surface area contributed by atoms with Crippen LogP contribution in [0.4, 0.5) is 5.82 Å². The lowest BCUT2D eigenvalue weighted by Crippen LogP contribution is -2.27. The number of fused-ring (bicyclic) bond motifs is 1. The van der Waals surface area contributed by atoms with Crippen molar-refractivity contribution in [2.45, 2.75) is 0 Å². The molecule has 0 saturated heterocycles. The number of amides is 1. The van der Waals surface area contributed by atoms with Crippen LogP contribution in [-0.4, -0.2) is 45.9 Å².